The summed E-state index contributed by atoms with van der Waals surface area (Å²) in [6.45, 7) is 0.658. The SMILES string of the molecule is CN[C@H]1CC[C@H](O)C[C@H]1O[C@H]1c2cc(OC)c3cc(O)ccc3c2O[C@H](CCCOC)[C@H]1[C@H]1COc2c(Cc3cc(O)ccc3-c3cccc(O)c3)cc(OC3CCCC3)cc2[C@H]1O. The number of aliphatic hydroxyl groups is 2. The van der Waals surface area contributed by atoms with Crippen LogP contribution in [0.4, 0.5) is 0 Å². The maximum absolute atomic E-state index is 13.0. The number of benzene rings is 5. The Balaban J connectivity index is 1.17. The van der Waals surface area contributed by atoms with Crippen molar-refractivity contribution in [1.82, 2.24) is 5.32 Å². The van der Waals surface area contributed by atoms with Gasteiger partial charge in [0.25, 0.3) is 0 Å². The molecule has 2 heterocycles. The quantitative estimate of drug-likeness (QED) is 0.0589. The van der Waals surface area contributed by atoms with Crippen LogP contribution in [0.5, 0.6) is 40.2 Å². The van der Waals surface area contributed by atoms with Crippen LogP contribution >= 0.6 is 0 Å². The Morgan fingerprint density at radius 2 is 1.58 bits per heavy atom. The number of fused-ring (bicyclic) bond motifs is 4. The van der Waals surface area contributed by atoms with Crippen molar-refractivity contribution in [3.05, 3.63) is 101 Å². The van der Waals surface area contributed by atoms with Crippen molar-refractivity contribution in [2.45, 2.75) is 107 Å². The molecule has 4 aliphatic rings. The van der Waals surface area contributed by atoms with Gasteiger partial charge in [-0.05, 0) is 136 Å². The first-order chi connectivity index (χ1) is 31.1. The molecule has 340 valence electrons. The van der Waals surface area contributed by atoms with Gasteiger partial charge in [0.15, 0.2) is 0 Å². The van der Waals surface area contributed by atoms with Crippen molar-refractivity contribution in [2.75, 3.05) is 34.5 Å². The van der Waals surface area contributed by atoms with E-state index in [-0.39, 0.29) is 42.1 Å². The van der Waals surface area contributed by atoms with Crippen LogP contribution in [0.3, 0.4) is 0 Å². The van der Waals surface area contributed by atoms with E-state index in [2.05, 4.69) is 5.32 Å². The van der Waals surface area contributed by atoms with Gasteiger partial charge in [0.05, 0.1) is 44.2 Å². The molecule has 5 aromatic carbocycles. The van der Waals surface area contributed by atoms with E-state index < -0.39 is 36.3 Å². The Morgan fingerprint density at radius 1 is 0.781 bits per heavy atom. The number of hydrogen-bond acceptors (Lipinski definition) is 12. The largest absolute Gasteiger partial charge is 0.508 e. The van der Waals surface area contributed by atoms with E-state index in [0.29, 0.717) is 72.7 Å². The number of nitrogens with one attached hydrogen (secondary N) is 1. The van der Waals surface area contributed by atoms with E-state index >= 15 is 0 Å². The molecule has 8 atom stereocenters. The summed E-state index contributed by atoms with van der Waals surface area (Å²) >= 11 is 0. The molecule has 0 spiro atoms. The highest BCUT2D eigenvalue weighted by atomic mass is 16.5. The predicted molar refractivity (Wildman–Crippen MR) is 243 cm³/mol. The van der Waals surface area contributed by atoms with Gasteiger partial charge >= 0.3 is 0 Å². The highest BCUT2D eigenvalue weighted by molar-refractivity contribution is 5.96. The highest BCUT2D eigenvalue weighted by Gasteiger charge is 2.50. The van der Waals surface area contributed by atoms with Gasteiger partial charge in [-0.2, -0.15) is 0 Å². The minimum absolute atomic E-state index is 0.0186. The lowest BCUT2D eigenvalue weighted by atomic mass is 9.72. The molecule has 2 aliphatic heterocycles. The number of hydrogen-bond donors (Lipinski definition) is 6. The summed E-state index contributed by atoms with van der Waals surface area (Å²) in [4.78, 5) is 0. The van der Waals surface area contributed by atoms with Crippen molar-refractivity contribution in [1.29, 1.82) is 0 Å². The Hall–Kier alpha value is -5.24. The third-order valence-corrected chi connectivity index (χ3v) is 14.0. The molecule has 0 saturated heterocycles. The number of ether oxygens (including phenoxy) is 6. The van der Waals surface area contributed by atoms with Crippen LogP contribution in [0.2, 0.25) is 0 Å². The van der Waals surface area contributed by atoms with E-state index in [9.17, 15) is 25.5 Å². The molecule has 0 aromatic heterocycles. The molecule has 6 N–H and O–H groups in total. The first-order valence-electron chi connectivity index (χ1n) is 22.9. The maximum Gasteiger partial charge on any atom is 0.133 e. The predicted octanol–water partition coefficient (Wildman–Crippen LogP) is 8.65. The molecular weight excluding hydrogens is 815 g/mol. The Bertz CT molecular complexity index is 2430. The monoisotopic (exact) mass is 875 g/mol. The van der Waals surface area contributed by atoms with Crippen molar-refractivity contribution in [3.63, 3.8) is 0 Å². The molecule has 0 bridgehead atoms. The molecule has 12 heteroatoms. The average molecular weight is 876 g/mol. The molecule has 0 radical (unpaired) electrons. The van der Waals surface area contributed by atoms with Crippen LogP contribution in [0, 0.1) is 11.8 Å². The number of aromatic hydroxyl groups is 3. The van der Waals surface area contributed by atoms with Crippen molar-refractivity contribution in [3.8, 4) is 51.4 Å². The lowest BCUT2D eigenvalue weighted by Crippen LogP contribution is -2.51. The van der Waals surface area contributed by atoms with Crippen LogP contribution in [0.25, 0.3) is 21.9 Å². The van der Waals surface area contributed by atoms with E-state index in [1.54, 1.807) is 56.7 Å². The Labute approximate surface area is 374 Å². The Kier molecular flexibility index (Phi) is 13.1. The van der Waals surface area contributed by atoms with Gasteiger partial charge in [-0.15, -0.1) is 0 Å². The summed E-state index contributed by atoms with van der Waals surface area (Å²) in [5.41, 5.74) is 4.64. The van der Waals surface area contributed by atoms with Crippen molar-refractivity contribution in [2.24, 2.45) is 11.8 Å². The zero-order valence-electron chi connectivity index (χ0n) is 36.9. The summed E-state index contributed by atoms with van der Waals surface area (Å²) < 4.78 is 39.6. The normalized spacial score (nSPS) is 25.6. The second-order valence-corrected chi connectivity index (χ2v) is 18.1. The summed E-state index contributed by atoms with van der Waals surface area (Å²) in [6.07, 6.45) is 4.60. The first-order valence-corrected chi connectivity index (χ1v) is 22.9. The zero-order valence-corrected chi connectivity index (χ0v) is 36.9. The highest BCUT2D eigenvalue weighted by Crippen LogP contribution is 2.55. The standard InChI is InChI=1S/C52H61NO11/c1-53-44-18-15-35(57)25-47(44)64-52-42-27-46(60-3)40-24-34(56)14-17-39(40)51(42)63-45(12-7-19-59-2)48(52)43-28-61-50-31(23-37(26-41(50)49(43)58)62-36-10-4-5-11-36)20-30-22-33(55)13-16-38(30)29-8-6-9-32(54)21-29/h6,8-9,13-14,16-17,21-24,26-27,35-36,43-45,47-49,52-58H,4-5,7,10-12,15,18-20,25,28H2,1-3H3/t35-,43+,44-,45+,47+,48+,49+,52-/m0/s1. The van der Waals surface area contributed by atoms with Gasteiger partial charge < -0.3 is 59.3 Å². The summed E-state index contributed by atoms with van der Waals surface area (Å²) in [5.74, 6) is 1.77. The smallest absolute Gasteiger partial charge is 0.133 e. The molecule has 0 unspecified atom stereocenters. The average Bonchev–Trinajstić information content (AvgIpc) is 3.80. The fraction of sp³-hybridized carbons (Fsp3) is 0.462. The van der Waals surface area contributed by atoms with Gasteiger partial charge in [-0.3, -0.25) is 0 Å². The van der Waals surface area contributed by atoms with Gasteiger partial charge in [-0.1, -0.05) is 18.2 Å². The topological polar surface area (TPSA) is 169 Å². The molecule has 0 amide bonds. The minimum atomic E-state index is -1.04. The molecule has 2 aliphatic carbocycles. The maximum atomic E-state index is 13.0. The van der Waals surface area contributed by atoms with Crippen LogP contribution < -0.4 is 24.3 Å². The van der Waals surface area contributed by atoms with Gasteiger partial charge in [0.1, 0.15) is 46.4 Å². The first kappa shape index (κ1) is 44.0. The van der Waals surface area contributed by atoms with Gasteiger partial charge in [0.2, 0.25) is 0 Å². The third kappa shape index (κ3) is 8.91. The molecule has 5 aromatic rings. The second-order valence-electron chi connectivity index (χ2n) is 18.1. The van der Waals surface area contributed by atoms with E-state index in [1.165, 1.54) is 0 Å². The number of aliphatic hydroxyl groups excluding tert-OH is 2. The molecule has 64 heavy (non-hydrogen) atoms. The molecule has 2 fully saturated rings. The van der Waals surface area contributed by atoms with E-state index in [4.69, 9.17) is 28.4 Å². The summed E-state index contributed by atoms with van der Waals surface area (Å²) in [6, 6.07) is 23.3. The zero-order chi connectivity index (χ0) is 44.5. The van der Waals surface area contributed by atoms with E-state index in [0.717, 1.165) is 65.3 Å². The van der Waals surface area contributed by atoms with Crippen LogP contribution in [0.1, 0.15) is 92.2 Å². The number of phenolic OH excluding ortho intramolecular Hbond substituents is 3. The fourth-order valence-electron chi connectivity index (χ4n) is 10.8. The van der Waals surface area contributed by atoms with Crippen LogP contribution in [-0.2, 0) is 15.9 Å². The second kappa shape index (κ2) is 19.1. The van der Waals surface area contributed by atoms with Gasteiger partial charge in [0, 0.05) is 71.9 Å². The minimum Gasteiger partial charge on any atom is -0.508 e. The number of phenols is 3. The number of rotatable bonds is 14. The molecule has 2 saturated carbocycles. The lowest BCUT2D eigenvalue weighted by molar-refractivity contribution is -0.151. The van der Waals surface area contributed by atoms with Crippen LogP contribution in [0.15, 0.2) is 78.9 Å². The number of methoxy groups -OCH3 is 2. The van der Waals surface area contributed by atoms with Crippen molar-refractivity contribution >= 4 is 10.8 Å². The summed E-state index contributed by atoms with van der Waals surface area (Å²) in [5, 5.41) is 60.7. The van der Waals surface area contributed by atoms with Gasteiger partial charge in [-0.25, -0.2) is 0 Å². The molecular formula is C52H61NO11. The van der Waals surface area contributed by atoms with Crippen molar-refractivity contribution < 1.29 is 54.0 Å². The number of likely N-dealkylation sites (N-methyl/N-ethyl adjacent to an activating group) is 1. The lowest BCUT2D eigenvalue weighted by Gasteiger charge is -2.48. The van der Waals surface area contributed by atoms with Crippen LogP contribution in [-0.4, -0.2) is 90.5 Å². The molecule has 12 nitrogen and oxygen atoms in total. The molecule has 9 rings (SSSR count). The third-order valence-electron chi connectivity index (χ3n) is 14.0. The Morgan fingerprint density at radius 3 is 2.36 bits per heavy atom. The fourth-order valence-corrected chi connectivity index (χ4v) is 10.8. The van der Waals surface area contributed by atoms with E-state index in [1.807, 2.05) is 43.4 Å². The summed E-state index contributed by atoms with van der Waals surface area (Å²) in [7, 11) is 5.21.